The molecule has 0 aliphatic carbocycles. The fourth-order valence-electron chi connectivity index (χ4n) is 4.36. The molecule has 0 unspecified atom stereocenters. The van der Waals surface area contributed by atoms with Crippen molar-refractivity contribution in [2.24, 2.45) is 0 Å². The molecular weight excluding hydrogens is 493 g/mol. The minimum atomic E-state index is -0.574. The number of nitrogens with zero attached hydrogens (tertiary/aromatic N) is 6. The second-order valence-electron chi connectivity index (χ2n) is 8.41. The third-order valence-electron chi connectivity index (χ3n) is 6.26. The highest BCUT2D eigenvalue weighted by Crippen LogP contribution is 2.28. The number of piperidine rings is 1. The summed E-state index contributed by atoms with van der Waals surface area (Å²) in [6, 6.07) is 10.2. The van der Waals surface area contributed by atoms with Crippen LogP contribution in [0.2, 0.25) is 5.02 Å². The van der Waals surface area contributed by atoms with Gasteiger partial charge in [-0.2, -0.15) is 0 Å². The van der Waals surface area contributed by atoms with E-state index in [1.165, 1.54) is 35.0 Å². The third-order valence-corrected chi connectivity index (χ3v) is 6.62. The van der Waals surface area contributed by atoms with E-state index in [-0.39, 0.29) is 45.5 Å². The van der Waals surface area contributed by atoms with Crippen molar-refractivity contribution < 1.29 is 14.1 Å². The number of nitrogens with one attached hydrogen (secondary N) is 1. The number of carbonyl (C=O) groups is 1. The van der Waals surface area contributed by atoms with Crippen LogP contribution in [0.1, 0.15) is 40.5 Å². The number of aromatic nitrogens is 5. The van der Waals surface area contributed by atoms with Crippen molar-refractivity contribution in [1.29, 1.82) is 0 Å². The molecule has 1 aliphatic rings. The van der Waals surface area contributed by atoms with Crippen molar-refractivity contribution in [3.8, 4) is 0 Å². The lowest BCUT2D eigenvalue weighted by Gasteiger charge is -2.31. The number of aromatic amines is 1. The van der Waals surface area contributed by atoms with Crippen LogP contribution < -0.4 is 5.56 Å². The Kier molecular flexibility index (Phi) is 6.18. The van der Waals surface area contributed by atoms with Crippen LogP contribution in [0.4, 0.5) is 10.1 Å². The van der Waals surface area contributed by atoms with E-state index in [4.69, 9.17) is 11.6 Å². The van der Waals surface area contributed by atoms with Gasteiger partial charge in [0.15, 0.2) is 11.2 Å². The Morgan fingerprint density at radius 2 is 1.94 bits per heavy atom. The maximum absolute atomic E-state index is 14.3. The van der Waals surface area contributed by atoms with Crippen LogP contribution >= 0.6 is 11.6 Å². The fourth-order valence-corrected chi connectivity index (χ4v) is 4.58. The number of hydrogen-bond donors (Lipinski definition) is 1. The summed E-state index contributed by atoms with van der Waals surface area (Å²) in [6.45, 7) is 0.611. The smallest absolute Gasteiger partial charge is 0.282 e. The number of H-pyrrole nitrogens is 1. The highest BCUT2D eigenvalue weighted by Gasteiger charge is 2.30. The Morgan fingerprint density at radius 1 is 1.19 bits per heavy atom. The van der Waals surface area contributed by atoms with Crippen LogP contribution in [-0.2, 0) is 6.54 Å². The Balaban J connectivity index is 1.37. The number of likely N-dealkylation sites (tertiary alicyclic amines) is 1. The van der Waals surface area contributed by atoms with E-state index in [2.05, 4.69) is 20.3 Å². The van der Waals surface area contributed by atoms with Gasteiger partial charge in [0.05, 0.1) is 11.5 Å². The van der Waals surface area contributed by atoms with Gasteiger partial charge in [-0.3, -0.25) is 19.7 Å². The number of fused-ring (bicyclic) bond motifs is 1. The van der Waals surface area contributed by atoms with E-state index >= 15 is 0 Å². The Hall–Kier alpha value is -4.19. The van der Waals surface area contributed by atoms with Gasteiger partial charge in [-0.05, 0) is 31.0 Å². The predicted octanol–water partition coefficient (Wildman–Crippen LogP) is 3.28. The zero-order chi connectivity index (χ0) is 25.4. The first-order valence-corrected chi connectivity index (χ1v) is 11.5. The van der Waals surface area contributed by atoms with Crippen molar-refractivity contribution in [2.45, 2.75) is 25.3 Å². The average molecular weight is 512 g/mol. The van der Waals surface area contributed by atoms with Gasteiger partial charge in [-0.1, -0.05) is 35.0 Å². The molecule has 4 aromatic rings. The highest BCUT2D eigenvalue weighted by molar-refractivity contribution is 6.31. The minimum absolute atomic E-state index is 0.0233. The van der Waals surface area contributed by atoms with E-state index in [1.54, 1.807) is 17.0 Å². The molecule has 1 aliphatic heterocycles. The summed E-state index contributed by atoms with van der Waals surface area (Å²) in [5, 5.41) is 19.4. The molecular formula is C23H19ClFN7O4. The topological polar surface area (TPSA) is 140 Å². The highest BCUT2D eigenvalue weighted by atomic mass is 35.5. The van der Waals surface area contributed by atoms with Crippen molar-refractivity contribution in [3.05, 3.63) is 90.7 Å². The first-order valence-electron chi connectivity index (χ1n) is 11.1. The number of benzene rings is 2. The summed E-state index contributed by atoms with van der Waals surface area (Å²) in [5.41, 5.74) is -0.245. The summed E-state index contributed by atoms with van der Waals surface area (Å²) >= 11 is 6.13. The van der Waals surface area contributed by atoms with E-state index in [1.807, 2.05) is 0 Å². The lowest BCUT2D eigenvalue weighted by atomic mass is 9.95. The molecule has 3 heterocycles. The molecule has 13 heteroatoms. The third kappa shape index (κ3) is 4.31. The van der Waals surface area contributed by atoms with Gasteiger partial charge >= 0.3 is 0 Å². The molecule has 0 spiro atoms. The standard InChI is InChI=1S/C23H19ClFN7O4/c24-16-5-3-6-17(25)15(16)12-31-21-19(28-29-31)22(33)27-20(26-21)13-8-10-30(11-9-13)23(34)14-4-1-2-7-18(14)32(35)36/h1-7,13H,8-12H2,(H,26,27,33). The molecule has 1 N–H and O–H groups in total. The Bertz CT molecular complexity index is 1520. The van der Waals surface area contributed by atoms with Gasteiger partial charge in [0.2, 0.25) is 0 Å². The summed E-state index contributed by atoms with van der Waals surface area (Å²) in [4.78, 5) is 45.2. The Labute approximate surface area is 207 Å². The summed E-state index contributed by atoms with van der Waals surface area (Å²) in [5.74, 6) is -0.681. The SMILES string of the molecule is O=C(c1ccccc1[N+](=O)[O-])N1CCC(c2nc3c(nnn3Cc3c(F)cccc3Cl)c(=O)[nH]2)CC1. The number of halogens is 2. The van der Waals surface area contributed by atoms with E-state index in [0.717, 1.165) is 0 Å². The minimum Gasteiger partial charge on any atom is -0.338 e. The molecule has 11 nitrogen and oxygen atoms in total. The van der Waals surface area contributed by atoms with Crippen molar-refractivity contribution >= 4 is 34.4 Å². The number of carbonyl (C=O) groups excluding carboxylic acids is 1. The molecule has 184 valence electrons. The van der Waals surface area contributed by atoms with Gasteiger partial charge in [0, 0.05) is 35.7 Å². The van der Waals surface area contributed by atoms with Crippen molar-refractivity contribution in [1.82, 2.24) is 29.9 Å². The summed E-state index contributed by atoms with van der Waals surface area (Å²) in [7, 11) is 0. The number of nitro groups is 1. The number of amides is 1. The maximum Gasteiger partial charge on any atom is 0.282 e. The zero-order valence-corrected chi connectivity index (χ0v) is 19.5. The van der Waals surface area contributed by atoms with Crippen LogP contribution in [0.25, 0.3) is 11.2 Å². The van der Waals surface area contributed by atoms with Gasteiger partial charge in [-0.15, -0.1) is 5.10 Å². The lowest BCUT2D eigenvalue weighted by molar-refractivity contribution is -0.385. The van der Waals surface area contributed by atoms with Gasteiger partial charge < -0.3 is 9.88 Å². The van der Waals surface area contributed by atoms with E-state index < -0.39 is 22.2 Å². The quantitative estimate of drug-likeness (QED) is 0.320. The van der Waals surface area contributed by atoms with Crippen LogP contribution in [0.5, 0.6) is 0 Å². The molecule has 2 aromatic carbocycles. The number of para-hydroxylation sites is 1. The molecule has 0 saturated carbocycles. The largest absolute Gasteiger partial charge is 0.338 e. The fraction of sp³-hybridized carbons (Fsp3) is 0.261. The zero-order valence-electron chi connectivity index (χ0n) is 18.7. The van der Waals surface area contributed by atoms with Gasteiger partial charge in [-0.25, -0.2) is 14.1 Å². The molecule has 0 radical (unpaired) electrons. The van der Waals surface area contributed by atoms with Crippen molar-refractivity contribution in [3.63, 3.8) is 0 Å². The van der Waals surface area contributed by atoms with Gasteiger partial charge in [0.25, 0.3) is 17.2 Å². The number of nitro benzene ring substituents is 1. The molecule has 1 amide bonds. The van der Waals surface area contributed by atoms with E-state index in [0.29, 0.717) is 31.8 Å². The predicted molar refractivity (Wildman–Crippen MR) is 127 cm³/mol. The van der Waals surface area contributed by atoms with Crippen LogP contribution in [0.3, 0.4) is 0 Å². The summed E-state index contributed by atoms with van der Waals surface area (Å²) < 4.78 is 15.6. The van der Waals surface area contributed by atoms with Crippen LogP contribution in [0.15, 0.2) is 47.3 Å². The molecule has 0 atom stereocenters. The molecule has 2 aromatic heterocycles. The van der Waals surface area contributed by atoms with E-state index in [9.17, 15) is 24.1 Å². The molecule has 36 heavy (non-hydrogen) atoms. The number of rotatable bonds is 5. The van der Waals surface area contributed by atoms with Gasteiger partial charge in [0.1, 0.15) is 17.2 Å². The normalized spacial score (nSPS) is 14.3. The van der Waals surface area contributed by atoms with Crippen LogP contribution in [-0.4, -0.2) is 53.8 Å². The molecule has 5 rings (SSSR count). The first kappa shape index (κ1) is 23.5. The Morgan fingerprint density at radius 3 is 2.67 bits per heavy atom. The average Bonchev–Trinajstić information content (AvgIpc) is 3.29. The summed E-state index contributed by atoms with van der Waals surface area (Å²) in [6.07, 6.45) is 0.975. The maximum atomic E-state index is 14.3. The van der Waals surface area contributed by atoms with Crippen LogP contribution in [0, 0.1) is 15.9 Å². The second kappa shape index (κ2) is 9.46. The first-order chi connectivity index (χ1) is 17.3. The molecule has 1 saturated heterocycles. The lowest BCUT2D eigenvalue weighted by Crippen LogP contribution is -2.38. The number of hydrogen-bond acceptors (Lipinski definition) is 7. The van der Waals surface area contributed by atoms with Crippen molar-refractivity contribution in [2.75, 3.05) is 13.1 Å². The monoisotopic (exact) mass is 511 g/mol. The molecule has 0 bridgehead atoms. The second-order valence-corrected chi connectivity index (χ2v) is 8.82. The molecule has 1 fully saturated rings.